The van der Waals surface area contributed by atoms with Crippen molar-refractivity contribution in [1.29, 1.82) is 0 Å². The third kappa shape index (κ3) is 3.83. The molecule has 9 rings (SSSR count). The van der Waals surface area contributed by atoms with Crippen molar-refractivity contribution in [3.8, 4) is 33.8 Å². The van der Waals surface area contributed by atoms with Gasteiger partial charge in [-0.2, -0.15) is 0 Å². The van der Waals surface area contributed by atoms with Gasteiger partial charge in [-0.15, -0.1) is 0 Å². The van der Waals surface area contributed by atoms with Crippen LogP contribution in [0.25, 0.3) is 88.0 Å². The Morgan fingerprint density at radius 3 is 1.98 bits per heavy atom. The first kappa shape index (κ1) is 23.9. The highest BCUT2D eigenvalue weighted by atomic mass is 16.3. The summed E-state index contributed by atoms with van der Waals surface area (Å²) in [7, 11) is 0. The maximum absolute atomic E-state index is 6.47. The van der Waals surface area contributed by atoms with Gasteiger partial charge in [0.15, 0.2) is 0 Å². The van der Waals surface area contributed by atoms with E-state index >= 15 is 0 Å². The summed E-state index contributed by atoms with van der Waals surface area (Å²) in [5.74, 6) is 0. The number of nitrogens with zero attached hydrogens (tertiary/aromatic N) is 2. The fourth-order valence-electron chi connectivity index (χ4n) is 6.42. The highest BCUT2D eigenvalue weighted by Gasteiger charge is 2.18. The first-order valence-corrected chi connectivity index (χ1v) is 14.5. The summed E-state index contributed by atoms with van der Waals surface area (Å²) in [4.78, 5) is 9.90. The van der Waals surface area contributed by atoms with Crippen LogP contribution in [0.15, 0.2) is 150 Å². The molecule has 0 atom stereocenters. The zero-order valence-corrected chi connectivity index (χ0v) is 23.2. The zero-order valence-electron chi connectivity index (χ0n) is 23.2. The summed E-state index contributed by atoms with van der Waals surface area (Å²) >= 11 is 0. The molecule has 0 aliphatic carbocycles. The van der Waals surface area contributed by atoms with Crippen molar-refractivity contribution in [1.82, 2.24) is 9.97 Å². The molecule has 200 valence electrons. The van der Waals surface area contributed by atoms with Crippen molar-refractivity contribution >= 4 is 54.3 Å². The van der Waals surface area contributed by atoms with Crippen molar-refractivity contribution in [2.75, 3.05) is 0 Å². The van der Waals surface area contributed by atoms with Gasteiger partial charge in [0, 0.05) is 39.0 Å². The summed E-state index contributed by atoms with van der Waals surface area (Å²) < 4.78 is 6.47. The van der Waals surface area contributed by atoms with Crippen LogP contribution in [0.2, 0.25) is 0 Å². The first-order chi connectivity index (χ1) is 21.3. The SMILES string of the molecule is c1ccc(-c2ccc(-c3cc4c(ccc5oc6cc7ccccc7cc6c54)c(-c4cccc5ccccc45)n3)cc2)nc1. The predicted octanol–water partition coefficient (Wildman–Crippen LogP) is 10.8. The van der Waals surface area contributed by atoms with E-state index < -0.39 is 0 Å². The average Bonchev–Trinajstić information content (AvgIpc) is 3.45. The number of fused-ring (bicyclic) bond motifs is 7. The number of pyridine rings is 2. The Bertz CT molecular complexity index is 2490. The van der Waals surface area contributed by atoms with Crippen molar-refractivity contribution in [3.63, 3.8) is 0 Å². The van der Waals surface area contributed by atoms with Crippen LogP contribution in [0.1, 0.15) is 0 Å². The third-order valence-electron chi connectivity index (χ3n) is 8.50. The van der Waals surface area contributed by atoms with Gasteiger partial charge in [-0.3, -0.25) is 4.98 Å². The van der Waals surface area contributed by atoms with Crippen molar-refractivity contribution < 1.29 is 4.42 Å². The highest BCUT2D eigenvalue weighted by molar-refractivity contribution is 6.23. The van der Waals surface area contributed by atoms with Gasteiger partial charge in [-0.1, -0.05) is 97.1 Å². The van der Waals surface area contributed by atoms with Crippen LogP contribution in [0.3, 0.4) is 0 Å². The molecule has 0 fully saturated rings. The van der Waals surface area contributed by atoms with E-state index in [1.165, 1.54) is 21.5 Å². The smallest absolute Gasteiger partial charge is 0.136 e. The molecule has 0 saturated carbocycles. The van der Waals surface area contributed by atoms with E-state index in [0.717, 1.165) is 66.5 Å². The number of hydrogen-bond donors (Lipinski definition) is 0. The van der Waals surface area contributed by atoms with E-state index in [2.05, 4.69) is 126 Å². The standard InChI is InChI=1S/C40H24N2O/c1-2-10-29-23-38-34(22-28(29)9-1)39-33-24-36(27-17-15-26(16-18-27)35-14-5-6-21-41-35)42-40(32(33)19-20-37(39)43-38)31-13-7-11-25-8-3-4-12-30(25)31/h1-24H. The maximum Gasteiger partial charge on any atom is 0.136 e. The Hall–Kier alpha value is -5.80. The third-order valence-corrected chi connectivity index (χ3v) is 8.50. The quantitative estimate of drug-likeness (QED) is 0.220. The van der Waals surface area contributed by atoms with Crippen LogP contribution in [0.5, 0.6) is 0 Å². The maximum atomic E-state index is 6.47. The molecular formula is C40H24N2O. The van der Waals surface area contributed by atoms with E-state index in [0.29, 0.717) is 0 Å². The molecular weight excluding hydrogens is 524 g/mol. The Labute approximate surface area is 247 Å². The molecule has 0 saturated heterocycles. The average molecular weight is 549 g/mol. The van der Waals surface area contributed by atoms with Gasteiger partial charge in [0.1, 0.15) is 11.2 Å². The molecule has 9 aromatic rings. The minimum absolute atomic E-state index is 0.879. The zero-order chi connectivity index (χ0) is 28.3. The lowest BCUT2D eigenvalue weighted by Crippen LogP contribution is -1.93. The van der Waals surface area contributed by atoms with Gasteiger partial charge in [0.2, 0.25) is 0 Å². The summed E-state index contributed by atoms with van der Waals surface area (Å²) in [6, 6.07) is 48.9. The molecule has 6 aromatic carbocycles. The molecule has 0 aliphatic heterocycles. The molecule has 0 aliphatic rings. The lowest BCUT2D eigenvalue weighted by molar-refractivity contribution is 0.670. The second-order valence-electron chi connectivity index (χ2n) is 11.0. The van der Waals surface area contributed by atoms with Gasteiger partial charge in [0.25, 0.3) is 0 Å². The molecule has 0 bridgehead atoms. The highest BCUT2D eigenvalue weighted by Crippen LogP contribution is 2.42. The summed E-state index contributed by atoms with van der Waals surface area (Å²) in [6.45, 7) is 0. The fraction of sp³-hybridized carbons (Fsp3) is 0. The number of aromatic nitrogens is 2. The van der Waals surface area contributed by atoms with Gasteiger partial charge < -0.3 is 4.42 Å². The minimum atomic E-state index is 0.879. The van der Waals surface area contributed by atoms with Crippen LogP contribution in [0, 0.1) is 0 Å². The predicted molar refractivity (Wildman–Crippen MR) is 178 cm³/mol. The molecule has 0 amide bonds. The van der Waals surface area contributed by atoms with Gasteiger partial charge in [-0.25, -0.2) is 4.98 Å². The lowest BCUT2D eigenvalue weighted by atomic mass is 9.94. The monoisotopic (exact) mass is 548 g/mol. The lowest BCUT2D eigenvalue weighted by Gasteiger charge is -2.13. The summed E-state index contributed by atoms with van der Waals surface area (Å²) in [5, 5.41) is 9.22. The second kappa shape index (κ2) is 9.37. The largest absolute Gasteiger partial charge is 0.456 e. The van der Waals surface area contributed by atoms with E-state index in [-0.39, 0.29) is 0 Å². The van der Waals surface area contributed by atoms with E-state index in [1.54, 1.807) is 0 Å². The molecule has 43 heavy (non-hydrogen) atoms. The first-order valence-electron chi connectivity index (χ1n) is 14.5. The van der Waals surface area contributed by atoms with E-state index in [1.807, 2.05) is 24.4 Å². The van der Waals surface area contributed by atoms with Crippen LogP contribution in [-0.2, 0) is 0 Å². The molecule has 0 radical (unpaired) electrons. The number of hydrogen-bond acceptors (Lipinski definition) is 3. The van der Waals surface area contributed by atoms with Crippen molar-refractivity contribution in [3.05, 3.63) is 146 Å². The van der Waals surface area contributed by atoms with Crippen LogP contribution in [-0.4, -0.2) is 9.97 Å². The number of furan rings is 1. The summed E-state index contributed by atoms with van der Waals surface area (Å²) in [6.07, 6.45) is 1.83. The van der Waals surface area contributed by atoms with Crippen LogP contribution < -0.4 is 0 Å². The van der Waals surface area contributed by atoms with Crippen LogP contribution >= 0.6 is 0 Å². The minimum Gasteiger partial charge on any atom is -0.456 e. The molecule has 0 unspecified atom stereocenters. The molecule has 3 aromatic heterocycles. The molecule has 0 N–H and O–H groups in total. The second-order valence-corrected chi connectivity index (χ2v) is 11.0. The Morgan fingerprint density at radius 2 is 1.16 bits per heavy atom. The Balaban J connectivity index is 1.36. The Kier molecular flexibility index (Phi) is 5.20. The normalized spacial score (nSPS) is 11.7. The Morgan fingerprint density at radius 1 is 0.442 bits per heavy atom. The van der Waals surface area contributed by atoms with Gasteiger partial charge in [0.05, 0.1) is 17.1 Å². The molecule has 3 nitrogen and oxygen atoms in total. The fourth-order valence-corrected chi connectivity index (χ4v) is 6.42. The number of benzene rings is 6. The topological polar surface area (TPSA) is 38.9 Å². The van der Waals surface area contributed by atoms with E-state index in [4.69, 9.17) is 9.40 Å². The molecule has 3 heterocycles. The van der Waals surface area contributed by atoms with E-state index in [9.17, 15) is 0 Å². The van der Waals surface area contributed by atoms with Crippen molar-refractivity contribution in [2.45, 2.75) is 0 Å². The number of rotatable bonds is 3. The van der Waals surface area contributed by atoms with Gasteiger partial charge >= 0.3 is 0 Å². The van der Waals surface area contributed by atoms with Crippen molar-refractivity contribution in [2.24, 2.45) is 0 Å². The van der Waals surface area contributed by atoms with Gasteiger partial charge in [-0.05, 0) is 69.4 Å². The summed E-state index contributed by atoms with van der Waals surface area (Å²) in [5.41, 5.74) is 7.87. The van der Waals surface area contributed by atoms with Crippen LogP contribution in [0.4, 0.5) is 0 Å². The molecule has 3 heteroatoms. The molecule has 0 spiro atoms.